The molecule has 20 heavy (non-hydrogen) atoms. The van der Waals surface area contributed by atoms with E-state index in [1.807, 2.05) is 0 Å². The van der Waals surface area contributed by atoms with E-state index >= 15 is 0 Å². The number of likely N-dealkylation sites (N-methyl/N-ethyl adjacent to an activating group) is 1. The molecule has 1 heterocycles. The summed E-state index contributed by atoms with van der Waals surface area (Å²) in [5.41, 5.74) is -0.339. The molecule has 3 unspecified atom stereocenters. The minimum absolute atomic E-state index is 0.338. The van der Waals surface area contributed by atoms with E-state index in [1.54, 1.807) is 0 Å². The van der Waals surface area contributed by atoms with Crippen molar-refractivity contribution in [2.45, 2.75) is 70.6 Å². The van der Waals surface area contributed by atoms with E-state index in [0.29, 0.717) is 12.1 Å². The van der Waals surface area contributed by atoms with Crippen LogP contribution in [0, 0.1) is 11.3 Å². The molecule has 0 aromatic rings. The van der Waals surface area contributed by atoms with Crippen LogP contribution in [-0.2, 0) is 4.74 Å². The average molecular weight is 281 g/mol. The van der Waals surface area contributed by atoms with Crippen molar-refractivity contribution in [3.63, 3.8) is 0 Å². The van der Waals surface area contributed by atoms with Crippen LogP contribution in [0.5, 0.6) is 0 Å². The predicted octanol–water partition coefficient (Wildman–Crippen LogP) is 2.55. The highest BCUT2D eigenvalue weighted by Gasteiger charge is 2.29. The van der Waals surface area contributed by atoms with Gasteiger partial charge in [-0.2, -0.15) is 5.26 Å². The van der Waals surface area contributed by atoms with Crippen LogP contribution in [0.4, 0.5) is 0 Å². The number of rotatable bonds is 9. The molecule has 1 N–H and O–H groups in total. The third-order valence-corrected chi connectivity index (χ3v) is 4.55. The number of hydrogen-bond donors (Lipinski definition) is 1. The molecule has 1 aliphatic heterocycles. The van der Waals surface area contributed by atoms with Gasteiger partial charge in [0.2, 0.25) is 0 Å². The van der Waals surface area contributed by atoms with Gasteiger partial charge in [-0.1, -0.05) is 13.8 Å². The van der Waals surface area contributed by atoms with Crippen LogP contribution < -0.4 is 5.32 Å². The molecule has 0 radical (unpaired) electrons. The fourth-order valence-corrected chi connectivity index (χ4v) is 3.02. The first kappa shape index (κ1) is 17.4. The molecule has 0 amide bonds. The van der Waals surface area contributed by atoms with Crippen molar-refractivity contribution < 1.29 is 4.74 Å². The van der Waals surface area contributed by atoms with Crippen LogP contribution in [0.3, 0.4) is 0 Å². The fraction of sp³-hybridized carbons (Fsp3) is 0.938. The van der Waals surface area contributed by atoms with Crippen LogP contribution in [0.25, 0.3) is 0 Å². The van der Waals surface area contributed by atoms with E-state index in [4.69, 9.17) is 4.74 Å². The van der Waals surface area contributed by atoms with Gasteiger partial charge in [0.25, 0.3) is 0 Å². The van der Waals surface area contributed by atoms with Gasteiger partial charge in [0, 0.05) is 12.6 Å². The Labute approximate surface area is 124 Å². The van der Waals surface area contributed by atoms with Crippen LogP contribution in [0.1, 0.15) is 52.9 Å². The molecule has 1 saturated heterocycles. The Kier molecular flexibility index (Phi) is 7.50. The maximum absolute atomic E-state index is 9.48. The molecule has 0 aromatic carbocycles. The van der Waals surface area contributed by atoms with Gasteiger partial charge in [-0.05, 0) is 59.2 Å². The van der Waals surface area contributed by atoms with Gasteiger partial charge in [-0.3, -0.25) is 5.32 Å². The summed E-state index contributed by atoms with van der Waals surface area (Å²) in [6, 6.07) is 3.04. The third kappa shape index (κ3) is 4.73. The summed E-state index contributed by atoms with van der Waals surface area (Å²) in [4.78, 5) is 2.40. The molecule has 1 aliphatic rings. The van der Waals surface area contributed by atoms with Gasteiger partial charge in [0.15, 0.2) is 0 Å². The second kappa shape index (κ2) is 8.61. The van der Waals surface area contributed by atoms with E-state index in [0.717, 1.165) is 51.8 Å². The summed E-state index contributed by atoms with van der Waals surface area (Å²) >= 11 is 0. The highest BCUT2D eigenvalue weighted by molar-refractivity contribution is 5.06. The topological polar surface area (TPSA) is 48.3 Å². The van der Waals surface area contributed by atoms with E-state index in [-0.39, 0.29) is 5.54 Å². The minimum Gasteiger partial charge on any atom is -0.377 e. The molecular formula is C16H31N3O. The maximum Gasteiger partial charge on any atom is 0.106 e. The van der Waals surface area contributed by atoms with Crippen LogP contribution in [0.15, 0.2) is 0 Å². The molecule has 4 heteroatoms. The summed E-state index contributed by atoms with van der Waals surface area (Å²) < 4.78 is 5.62. The smallest absolute Gasteiger partial charge is 0.106 e. The van der Waals surface area contributed by atoms with Crippen molar-refractivity contribution in [2.24, 2.45) is 0 Å². The van der Waals surface area contributed by atoms with Gasteiger partial charge < -0.3 is 9.64 Å². The summed E-state index contributed by atoms with van der Waals surface area (Å²) in [7, 11) is 2.18. The molecule has 0 spiro atoms. The third-order valence-electron chi connectivity index (χ3n) is 4.55. The first-order valence-corrected chi connectivity index (χ1v) is 8.06. The summed E-state index contributed by atoms with van der Waals surface area (Å²) in [6.45, 7) is 9.23. The summed E-state index contributed by atoms with van der Waals surface area (Å²) in [5.74, 6) is 0. The maximum atomic E-state index is 9.48. The van der Waals surface area contributed by atoms with E-state index in [1.165, 1.54) is 0 Å². The Hall–Kier alpha value is -0.630. The Morgan fingerprint density at radius 2 is 2.20 bits per heavy atom. The van der Waals surface area contributed by atoms with Gasteiger partial charge >= 0.3 is 0 Å². The standard InChI is InChI=1S/C16H31N3O/c1-5-10-18-16(6-2,13-17)9-7-11-19(4)15-8-12-20-14(15)3/h14-15,18H,5-12H2,1-4H3. The molecule has 4 nitrogen and oxygen atoms in total. The lowest BCUT2D eigenvalue weighted by atomic mass is 9.91. The second-order valence-corrected chi connectivity index (χ2v) is 5.99. The SMILES string of the molecule is CCCNC(C#N)(CC)CCCN(C)C1CCOC1C. The first-order chi connectivity index (χ1) is 9.58. The molecule has 1 rings (SSSR count). The van der Waals surface area contributed by atoms with Crippen LogP contribution in [0.2, 0.25) is 0 Å². The predicted molar refractivity (Wildman–Crippen MR) is 82.6 cm³/mol. The van der Waals surface area contributed by atoms with Gasteiger partial charge in [-0.15, -0.1) is 0 Å². The first-order valence-electron chi connectivity index (χ1n) is 8.06. The molecule has 0 saturated carbocycles. The zero-order chi connectivity index (χ0) is 15.0. The Morgan fingerprint density at radius 3 is 2.70 bits per heavy atom. The Bertz CT molecular complexity index is 315. The quantitative estimate of drug-likeness (QED) is 0.705. The second-order valence-electron chi connectivity index (χ2n) is 5.99. The molecule has 0 bridgehead atoms. The van der Waals surface area contributed by atoms with E-state index in [9.17, 15) is 5.26 Å². The van der Waals surface area contributed by atoms with Gasteiger partial charge in [0.1, 0.15) is 5.54 Å². The van der Waals surface area contributed by atoms with Gasteiger partial charge in [-0.25, -0.2) is 0 Å². The molecule has 1 fully saturated rings. The largest absolute Gasteiger partial charge is 0.377 e. The zero-order valence-electron chi connectivity index (χ0n) is 13.6. The highest BCUT2D eigenvalue weighted by Crippen LogP contribution is 2.21. The lowest BCUT2D eigenvalue weighted by molar-refractivity contribution is 0.0825. The van der Waals surface area contributed by atoms with E-state index < -0.39 is 0 Å². The van der Waals surface area contributed by atoms with Crippen molar-refractivity contribution in [1.82, 2.24) is 10.2 Å². The summed E-state index contributed by atoms with van der Waals surface area (Å²) in [5, 5.41) is 12.9. The van der Waals surface area contributed by atoms with Crippen molar-refractivity contribution in [2.75, 3.05) is 26.7 Å². The highest BCUT2D eigenvalue weighted by atomic mass is 16.5. The lowest BCUT2D eigenvalue weighted by Crippen LogP contribution is -2.45. The average Bonchev–Trinajstić information content (AvgIpc) is 2.89. The van der Waals surface area contributed by atoms with Crippen molar-refractivity contribution >= 4 is 0 Å². The molecule has 116 valence electrons. The number of ether oxygens (including phenoxy) is 1. The zero-order valence-corrected chi connectivity index (χ0v) is 13.6. The Balaban J connectivity index is 2.38. The molecule has 0 aromatic heterocycles. The molecule has 3 atom stereocenters. The van der Waals surface area contributed by atoms with Crippen molar-refractivity contribution in [3.05, 3.63) is 0 Å². The van der Waals surface area contributed by atoms with Crippen molar-refractivity contribution in [3.8, 4) is 6.07 Å². The Morgan fingerprint density at radius 1 is 1.45 bits per heavy atom. The number of nitrogens with zero attached hydrogens (tertiary/aromatic N) is 2. The number of nitrogens with one attached hydrogen (secondary N) is 1. The van der Waals surface area contributed by atoms with Crippen molar-refractivity contribution in [1.29, 1.82) is 5.26 Å². The normalized spacial score (nSPS) is 25.6. The number of nitriles is 1. The lowest BCUT2D eigenvalue weighted by Gasteiger charge is -2.30. The van der Waals surface area contributed by atoms with Crippen LogP contribution in [-0.4, -0.2) is 49.3 Å². The van der Waals surface area contributed by atoms with Gasteiger partial charge in [0.05, 0.1) is 12.2 Å². The number of hydrogen-bond acceptors (Lipinski definition) is 4. The fourth-order valence-electron chi connectivity index (χ4n) is 3.02. The van der Waals surface area contributed by atoms with E-state index in [2.05, 4.69) is 44.1 Å². The van der Waals surface area contributed by atoms with Crippen LogP contribution >= 0.6 is 0 Å². The molecule has 0 aliphatic carbocycles. The monoisotopic (exact) mass is 281 g/mol. The minimum atomic E-state index is -0.339. The molecular weight excluding hydrogens is 250 g/mol. The summed E-state index contributed by atoms with van der Waals surface area (Å²) in [6.07, 6.45) is 5.38.